The van der Waals surface area contributed by atoms with Gasteiger partial charge in [-0.3, -0.25) is 0 Å². The summed E-state index contributed by atoms with van der Waals surface area (Å²) in [5.74, 6) is 0. The van der Waals surface area contributed by atoms with Crippen LogP contribution in [0.2, 0.25) is 0 Å². The third kappa shape index (κ3) is 6.88. The van der Waals surface area contributed by atoms with E-state index in [-0.39, 0.29) is 0 Å². The van der Waals surface area contributed by atoms with Gasteiger partial charge in [-0.15, -0.1) is 6.58 Å². The molecule has 0 saturated carbocycles. The molecule has 0 aliphatic carbocycles. The van der Waals surface area contributed by atoms with Crippen LogP contribution in [-0.2, 0) is 0 Å². The highest BCUT2D eigenvalue weighted by molar-refractivity contribution is 6.21. The van der Waals surface area contributed by atoms with Crippen LogP contribution < -0.4 is 4.90 Å². The average molecular weight is 735 g/mol. The highest BCUT2D eigenvalue weighted by Crippen LogP contribution is 2.44. The molecule has 0 aliphatic heterocycles. The number of anilines is 3. The summed E-state index contributed by atoms with van der Waals surface area (Å²) in [5.41, 5.74) is 11.9. The van der Waals surface area contributed by atoms with Crippen molar-refractivity contribution in [2.75, 3.05) is 4.90 Å². The Morgan fingerprint density at radius 3 is 1.26 bits per heavy atom. The number of hydrogen-bond donors (Lipinski definition) is 0. The van der Waals surface area contributed by atoms with E-state index in [9.17, 15) is 0 Å². The van der Waals surface area contributed by atoms with E-state index in [2.05, 4.69) is 222 Å². The predicted molar refractivity (Wildman–Crippen MR) is 249 cm³/mol. The Morgan fingerprint density at radius 1 is 0.386 bits per heavy atom. The SMILES string of the molecule is C=CC.CC.c1ccc(-c2c3ccccc3c(-c3ccc(-n4c5ccccc5c5cc(N(c6ccccc6)c6ccccc6)ccc54)cc3)c3ccccc23)cc1. The number of fused-ring (bicyclic) bond motifs is 5. The molecular formula is C55H46N2. The molecule has 10 rings (SSSR count). The van der Waals surface area contributed by atoms with Crippen LogP contribution in [0.25, 0.3) is 71.3 Å². The molecule has 2 heteroatoms. The highest BCUT2D eigenvalue weighted by atomic mass is 15.1. The van der Waals surface area contributed by atoms with Crippen molar-refractivity contribution in [3.63, 3.8) is 0 Å². The van der Waals surface area contributed by atoms with Crippen LogP contribution in [0.1, 0.15) is 20.8 Å². The van der Waals surface area contributed by atoms with Crippen molar-refractivity contribution in [2.45, 2.75) is 20.8 Å². The molecule has 0 amide bonds. The van der Waals surface area contributed by atoms with Crippen molar-refractivity contribution in [2.24, 2.45) is 0 Å². The smallest absolute Gasteiger partial charge is 0.0542 e. The molecule has 1 heterocycles. The van der Waals surface area contributed by atoms with Gasteiger partial charge in [0, 0.05) is 33.5 Å². The summed E-state index contributed by atoms with van der Waals surface area (Å²) in [7, 11) is 0. The summed E-state index contributed by atoms with van der Waals surface area (Å²) in [6.07, 6.45) is 1.75. The van der Waals surface area contributed by atoms with Crippen molar-refractivity contribution in [1.82, 2.24) is 4.57 Å². The summed E-state index contributed by atoms with van der Waals surface area (Å²) in [4.78, 5) is 2.33. The van der Waals surface area contributed by atoms with Gasteiger partial charge in [0.25, 0.3) is 0 Å². The van der Waals surface area contributed by atoms with Crippen LogP contribution in [0.5, 0.6) is 0 Å². The summed E-state index contributed by atoms with van der Waals surface area (Å²) in [6, 6.07) is 74.5. The largest absolute Gasteiger partial charge is 0.310 e. The third-order valence-corrected chi connectivity index (χ3v) is 10.4. The second-order valence-corrected chi connectivity index (χ2v) is 13.7. The number of para-hydroxylation sites is 3. The van der Waals surface area contributed by atoms with Crippen molar-refractivity contribution in [3.05, 3.63) is 219 Å². The van der Waals surface area contributed by atoms with Gasteiger partial charge in [-0.1, -0.05) is 166 Å². The molecule has 0 fully saturated rings. The Bertz CT molecular complexity index is 2830. The van der Waals surface area contributed by atoms with E-state index in [1.807, 2.05) is 20.8 Å². The first kappa shape index (κ1) is 36.8. The van der Waals surface area contributed by atoms with E-state index in [4.69, 9.17) is 0 Å². The first-order valence-corrected chi connectivity index (χ1v) is 19.9. The highest BCUT2D eigenvalue weighted by Gasteiger charge is 2.19. The summed E-state index contributed by atoms with van der Waals surface area (Å²) in [5, 5.41) is 7.52. The quantitative estimate of drug-likeness (QED) is 0.122. The summed E-state index contributed by atoms with van der Waals surface area (Å²) >= 11 is 0. The van der Waals surface area contributed by atoms with Gasteiger partial charge in [-0.05, 0) is 111 Å². The van der Waals surface area contributed by atoms with E-state index >= 15 is 0 Å². The molecule has 1 aromatic heterocycles. The Balaban J connectivity index is 0.000000871. The normalized spacial score (nSPS) is 10.8. The van der Waals surface area contributed by atoms with E-state index < -0.39 is 0 Å². The number of hydrogen-bond acceptors (Lipinski definition) is 1. The number of nitrogens with zero attached hydrogens (tertiary/aromatic N) is 2. The zero-order chi connectivity index (χ0) is 39.1. The fourth-order valence-electron chi connectivity index (χ4n) is 8.11. The lowest BCUT2D eigenvalue weighted by Gasteiger charge is -2.25. The van der Waals surface area contributed by atoms with Crippen molar-refractivity contribution >= 4 is 60.4 Å². The molecule has 57 heavy (non-hydrogen) atoms. The molecule has 0 aliphatic rings. The Morgan fingerprint density at radius 2 is 0.772 bits per heavy atom. The lowest BCUT2D eigenvalue weighted by atomic mass is 9.86. The van der Waals surface area contributed by atoms with Crippen molar-refractivity contribution in [3.8, 4) is 27.9 Å². The maximum absolute atomic E-state index is 3.36. The molecule has 0 spiro atoms. The average Bonchev–Trinajstić information content (AvgIpc) is 3.61. The van der Waals surface area contributed by atoms with Crippen molar-refractivity contribution < 1.29 is 0 Å². The molecule has 0 unspecified atom stereocenters. The van der Waals surface area contributed by atoms with E-state index in [1.54, 1.807) is 6.08 Å². The Labute approximate surface area is 336 Å². The van der Waals surface area contributed by atoms with Crippen LogP contribution in [0.15, 0.2) is 219 Å². The molecule has 2 nitrogen and oxygen atoms in total. The fraction of sp³-hybridized carbons (Fsp3) is 0.0545. The maximum Gasteiger partial charge on any atom is 0.0542 e. The van der Waals surface area contributed by atoms with E-state index in [0.29, 0.717) is 0 Å². The second kappa shape index (κ2) is 16.7. The van der Waals surface area contributed by atoms with Gasteiger partial charge in [0.2, 0.25) is 0 Å². The minimum absolute atomic E-state index is 1.13. The van der Waals surface area contributed by atoms with E-state index in [0.717, 1.165) is 22.7 Å². The zero-order valence-electron chi connectivity index (χ0n) is 32.8. The number of aromatic nitrogens is 1. The van der Waals surface area contributed by atoms with Gasteiger partial charge in [-0.25, -0.2) is 0 Å². The summed E-state index contributed by atoms with van der Waals surface area (Å²) < 4.78 is 2.41. The molecular weight excluding hydrogens is 689 g/mol. The van der Waals surface area contributed by atoms with Gasteiger partial charge in [0.05, 0.1) is 11.0 Å². The minimum Gasteiger partial charge on any atom is -0.310 e. The molecule has 0 bridgehead atoms. The standard InChI is InChI=1S/C50H34N2.C3H6.C2H6/c1-4-16-35(17-5-1)49-42-23-10-12-25-44(42)50(45-26-13-11-24-43(45)49)36-28-30-39(31-29-36)52-47-27-15-14-22-41(47)46-34-40(32-33-48(46)52)51(37-18-6-2-7-19-37)38-20-8-3-9-21-38;1-3-2;1-2/h1-34H;3H,1H2,2H3;1-2H3. The van der Waals surface area contributed by atoms with Gasteiger partial charge in [0.15, 0.2) is 0 Å². The molecule has 10 aromatic rings. The molecule has 276 valence electrons. The molecule has 0 radical (unpaired) electrons. The topological polar surface area (TPSA) is 8.17 Å². The molecule has 0 saturated heterocycles. The number of allylic oxidation sites excluding steroid dienone is 1. The minimum atomic E-state index is 1.13. The first-order chi connectivity index (χ1) is 28.2. The van der Waals surface area contributed by atoms with Crippen LogP contribution >= 0.6 is 0 Å². The van der Waals surface area contributed by atoms with Gasteiger partial charge in [0.1, 0.15) is 0 Å². The van der Waals surface area contributed by atoms with Gasteiger partial charge >= 0.3 is 0 Å². The van der Waals surface area contributed by atoms with Gasteiger partial charge in [-0.2, -0.15) is 0 Å². The Kier molecular flexibility index (Phi) is 10.8. The lowest BCUT2D eigenvalue weighted by Crippen LogP contribution is -2.09. The molecule has 0 atom stereocenters. The number of rotatable bonds is 6. The van der Waals surface area contributed by atoms with Crippen molar-refractivity contribution in [1.29, 1.82) is 0 Å². The maximum atomic E-state index is 3.36. The second-order valence-electron chi connectivity index (χ2n) is 13.7. The lowest BCUT2D eigenvalue weighted by molar-refractivity contribution is 1.18. The van der Waals surface area contributed by atoms with E-state index in [1.165, 1.54) is 65.6 Å². The van der Waals surface area contributed by atoms with Crippen LogP contribution in [0.3, 0.4) is 0 Å². The zero-order valence-corrected chi connectivity index (χ0v) is 32.8. The van der Waals surface area contributed by atoms with Crippen LogP contribution in [-0.4, -0.2) is 4.57 Å². The third-order valence-electron chi connectivity index (χ3n) is 10.4. The molecule has 0 N–H and O–H groups in total. The Hall–Kier alpha value is -7.16. The number of benzene rings is 9. The predicted octanol–water partition coefficient (Wildman–Crippen LogP) is 16.1. The van der Waals surface area contributed by atoms with Gasteiger partial charge < -0.3 is 9.47 Å². The summed E-state index contributed by atoms with van der Waals surface area (Å²) in [6.45, 7) is 9.25. The van der Waals surface area contributed by atoms with Crippen LogP contribution in [0, 0.1) is 0 Å². The molecule has 9 aromatic carbocycles. The monoisotopic (exact) mass is 734 g/mol. The fourth-order valence-corrected chi connectivity index (χ4v) is 8.11. The first-order valence-electron chi connectivity index (χ1n) is 19.9. The van der Waals surface area contributed by atoms with Crippen LogP contribution in [0.4, 0.5) is 17.1 Å².